The molecule has 0 aromatic carbocycles. The van der Waals surface area contributed by atoms with Crippen LogP contribution in [0.2, 0.25) is 0 Å². The summed E-state index contributed by atoms with van der Waals surface area (Å²) in [4.78, 5) is 0. The number of rotatable bonds is 2. The molecule has 4 aliphatic carbocycles. The Hall–Kier alpha value is -0.380. The summed E-state index contributed by atoms with van der Waals surface area (Å²) in [7, 11) is 1.88. The maximum absolute atomic E-state index is 10.4. The molecule has 4 rings (SSSR count). The molecule has 0 aliphatic heterocycles. The molecule has 0 aromatic heterocycles. The molecule has 3 saturated carbocycles. The summed E-state index contributed by atoms with van der Waals surface area (Å²) in [5.41, 5.74) is 1.66. The Morgan fingerprint density at radius 3 is 2.74 bits per heavy atom. The largest absolute Gasteiger partial charge is 0.395 e. The zero-order chi connectivity index (χ0) is 16.2. The number of aliphatic hydroxyl groups excluding tert-OH is 2. The first-order valence-electron chi connectivity index (χ1n) is 9.56. The zero-order valence-electron chi connectivity index (χ0n) is 14.6. The third-order valence-electron chi connectivity index (χ3n) is 8.28. The lowest BCUT2D eigenvalue weighted by atomic mass is 9.47. The SMILES string of the molecule is CO[C@H]1CC[C@H]2[C@@H]3CC=C4C[C@@H](O)CC[C@]4(CO)[C@H]3CC[C@]12C. The van der Waals surface area contributed by atoms with Gasteiger partial charge in [0.2, 0.25) is 0 Å². The average molecular weight is 320 g/mol. The van der Waals surface area contributed by atoms with Crippen LogP contribution < -0.4 is 0 Å². The molecule has 4 aliphatic rings. The van der Waals surface area contributed by atoms with Crippen molar-refractivity contribution in [2.45, 2.75) is 70.5 Å². The Morgan fingerprint density at radius 2 is 2.00 bits per heavy atom. The van der Waals surface area contributed by atoms with Crippen molar-refractivity contribution in [1.29, 1.82) is 0 Å². The van der Waals surface area contributed by atoms with Crippen molar-refractivity contribution in [3.63, 3.8) is 0 Å². The molecule has 0 aromatic rings. The van der Waals surface area contributed by atoms with Crippen LogP contribution in [0.5, 0.6) is 0 Å². The monoisotopic (exact) mass is 320 g/mol. The van der Waals surface area contributed by atoms with Gasteiger partial charge >= 0.3 is 0 Å². The van der Waals surface area contributed by atoms with E-state index in [9.17, 15) is 10.2 Å². The van der Waals surface area contributed by atoms with E-state index in [0.29, 0.717) is 23.4 Å². The highest BCUT2D eigenvalue weighted by Crippen LogP contribution is 2.65. The molecule has 3 heteroatoms. The summed E-state index contributed by atoms with van der Waals surface area (Å²) >= 11 is 0. The van der Waals surface area contributed by atoms with E-state index in [1.165, 1.54) is 31.3 Å². The van der Waals surface area contributed by atoms with Crippen molar-refractivity contribution in [2.24, 2.45) is 28.6 Å². The Balaban J connectivity index is 1.68. The molecule has 3 fully saturated rings. The minimum atomic E-state index is -0.198. The summed E-state index contributed by atoms with van der Waals surface area (Å²) in [6.07, 6.45) is 11.3. The predicted molar refractivity (Wildman–Crippen MR) is 89.9 cm³/mol. The van der Waals surface area contributed by atoms with Crippen LogP contribution in [-0.4, -0.2) is 36.1 Å². The van der Waals surface area contributed by atoms with Crippen molar-refractivity contribution < 1.29 is 14.9 Å². The second-order valence-electron chi connectivity index (χ2n) is 8.90. The lowest BCUT2D eigenvalue weighted by Gasteiger charge is -2.58. The van der Waals surface area contributed by atoms with Crippen LogP contribution in [0.1, 0.15) is 58.3 Å². The van der Waals surface area contributed by atoms with Gasteiger partial charge in [-0.3, -0.25) is 0 Å². The fourth-order valence-corrected chi connectivity index (χ4v) is 7.07. The second kappa shape index (κ2) is 5.57. The van der Waals surface area contributed by atoms with Gasteiger partial charge < -0.3 is 14.9 Å². The molecule has 0 heterocycles. The van der Waals surface area contributed by atoms with Gasteiger partial charge in [-0.15, -0.1) is 0 Å². The highest BCUT2D eigenvalue weighted by atomic mass is 16.5. The molecule has 0 radical (unpaired) electrons. The highest BCUT2D eigenvalue weighted by Gasteiger charge is 2.59. The fourth-order valence-electron chi connectivity index (χ4n) is 7.07. The summed E-state index contributed by atoms with van der Waals surface area (Å²) in [5.74, 6) is 2.04. The fraction of sp³-hybridized carbons (Fsp3) is 0.900. The molecule has 0 amide bonds. The molecule has 0 unspecified atom stereocenters. The molecule has 0 saturated heterocycles. The van der Waals surface area contributed by atoms with E-state index >= 15 is 0 Å². The van der Waals surface area contributed by atoms with Gasteiger partial charge in [0.05, 0.1) is 18.8 Å². The van der Waals surface area contributed by atoms with Crippen LogP contribution in [0.25, 0.3) is 0 Å². The minimum Gasteiger partial charge on any atom is -0.395 e. The van der Waals surface area contributed by atoms with Crippen LogP contribution in [0, 0.1) is 28.6 Å². The molecule has 23 heavy (non-hydrogen) atoms. The second-order valence-corrected chi connectivity index (χ2v) is 8.90. The number of hydrogen-bond acceptors (Lipinski definition) is 3. The summed E-state index contributed by atoms with van der Waals surface area (Å²) in [6.45, 7) is 2.72. The van der Waals surface area contributed by atoms with Crippen LogP contribution >= 0.6 is 0 Å². The van der Waals surface area contributed by atoms with Gasteiger partial charge in [0.1, 0.15) is 0 Å². The Labute approximate surface area is 140 Å². The standard InChI is InChI=1S/C20H32O3/c1-19-9-8-17-15(16(19)5-6-18(19)23-2)4-3-13-11-14(22)7-10-20(13,17)12-21/h3,14-18,21-22H,4-12H2,1-2H3/t14-,15-,16-,17-,18-,19-,20+/m0/s1. The highest BCUT2D eigenvalue weighted by molar-refractivity contribution is 5.26. The molecule has 2 N–H and O–H groups in total. The summed E-state index contributed by atoms with van der Waals surface area (Å²) in [6, 6.07) is 0. The van der Waals surface area contributed by atoms with E-state index in [1.54, 1.807) is 0 Å². The summed E-state index contributed by atoms with van der Waals surface area (Å²) in [5, 5.41) is 20.4. The smallest absolute Gasteiger partial charge is 0.0627 e. The molecular weight excluding hydrogens is 288 g/mol. The summed E-state index contributed by atoms with van der Waals surface area (Å²) < 4.78 is 5.84. The Morgan fingerprint density at radius 1 is 1.17 bits per heavy atom. The maximum atomic E-state index is 10.4. The first-order valence-corrected chi connectivity index (χ1v) is 9.56. The van der Waals surface area contributed by atoms with Crippen molar-refractivity contribution in [3.8, 4) is 0 Å². The first kappa shape index (κ1) is 16.1. The molecule has 7 atom stereocenters. The number of methoxy groups -OCH3 is 1. The van der Waals surface area contributed by atoms with Gasteiger partial charge in [0, 0.05) is 12.5 Å². The molecule has 3 nitrogen and oxygen atoms in total. The van der Waals surface area contributed by atoms with E-state index < -0.39 is 0 Å². The van der Waals surface area contributed by atoms with Crippen LogP contribution in [0.4, 0.5) is 0 Å². The average Bonchev–Trinajstić information content (AvgIpc) is 2.90. The third kappa shape index (κ3) is 2.12. The number of fused-ring (bicyclic) bond motifs is 5. The van der Waals surface area contributed by atoms with E-state index in [2.05, 4.69) is 13.0 Å². The third-order valence-corrected chi connectivity index (χ3v) is 8.28. The number of allylic oxidation sites excluding steroid dienone is 1. The molecule has 0 spiro atoms. The van der Waals surface area contributed by atoms with Crippen LogP contribution in [-0.2, 0) is 4.74 Å². The Kier molecular flexibility index (Phi) is 3.90. The van der Waals surface area contributed by atoms with Gasteiger partial charge in [-0.2, -0.15) is 0 Å². The lowest BCUT2D eigenvalue weighted by Crippen LogP contribution is -2.53. The van der Waals surface area contributed by atoms with Crippen molar-refractivity contribution >= 4 is 0 Å². The predicted octanol–water partition coefficient (Wildman–Crippen LogP) is 3.30. The van der Waals surface area contributed by atoms with Gasteiger partial charge in [-0.25, -0.2) is 0 Å². The van der Waals surface area contributed by atoms with E-state index in [0.717, 1.165) is 31.6 Å². The number of ether oxygens (including phenoxy) is 1. The first-order chi connectivity index (χ1) is 11.0. The normalized spacial score (nSPS) is 52.3. The number of hydrogen-bond donors (Lipinski definition) is 2. The van der Waals surface area contributed by atoms with Gasteiger partial charge in [0.25, 0.3) is 0 Å². The molecular formula is C20H32O3. The van der Waals surface area contributed by atoms with Crippen LogP contribution in [0.15, 0.2) is 11.6 Å². The number of aliphatic hydroxyl groups is 2. The van der Waals surface area contributed by atoms with Crippen molar-refractivity contribution in [3.05, 3.63) is 11.6 Å². The molecule has 0 bridgehead atoms. The van der Waals surface area contributed by atoms with Crippen molar-refractivity contribution in [1.82, 2.24) is 0 Å². The van der Waals surface area contributed by atoms with Crippen molar-refractivity contribution in [2.75, 3.05) is 13.7 Å². The topological polar surface area (TPSA) is 49.7 Å². The van der Waals surface area contributed by atoms with Gasteiger partial charge in [-0.1, -0.05) is 18.6 Å². The molecule has 130 valence electrons. The van der Waals surface area contributed by atoms with E-state index in [4.69, 9.17) is 4.74 Å². The Bertz CT molecular complexity index is 501. The van der Waals surface area contributed by atoms with Crippen LogP contribution in [0.3, 0.4) is 0 Å². The van der Waals surface area contributed by atoms with E-state index in [1.807, 2.05) is 7.11 Å². The quantitative estimate of drug-likeness (QED) is 0.768. The van der Waals surface area contributed by atoms with E-state index in [-0.39, 0.29) is 18.1 Å². The lowest BCUT2D eigenvalue weighted by molar-refractivity contribution is -0.0965. The zero-order valence-corrected chi connectivity index (χ0v) is 14.6. The van der Waals surface area contributed by atoms with Gasteiger partial charge in [0.15, 0.2) is 0 Å². The minimum absolute atomic E-state index is 0.0331. The van der Waals surface area contributed by atoms with Gasteiger partial charge in [-0.05, 0) is 74.5 Å². The maximum Gasteiger partial charge on any atom is 0.0627 e.